The van der Waals surface area contributed by atoms with Crippen LogP contribution in [0.2, 0.25) is 0 Å². The van der Waals surface area contributed by atoms with Crippen molar-refractivity contribution in [2.75, 3.05) is 0 Å². The van der Waals surface area contributed by atoms with E-state index in [1.54, 1.807) is 13.8 Å². The maximum absolute atomic E-state index is 13.3. The van der Waals surface area contributed by atoms with Crippen LogP contribution in [0, 0.1) is 17.6 Å². The van der Waals surface area contributed by atoms with E-state index in [4.69, 9.17) is 5.73 Å². The van der Waals surface area contributed by atoms with Crippen molar-refractivity contribution in [1.29, 1.82) is 0 Å². The van der Waals surface area contributed by atoms with E-state index < -0.39 is 23.8 Å². The highest BCUT2D eigenvalue weighted by atomic mass is 35.5. The number of hydrogen-bond donors (Lipinski definition) is 2. The lowest BCUT2D eigenvalue weighted by atomic mass is 9.94. The highest BCUT2D eigenvalue weighted by Gasteiger charge is 2.23. The first kappa shape index (κ1) is 15.3. The number of hydrogen-bond acceptors (Lipinski definition) is 2. The summed E-state index contributed by atoms with van der Waals surface area (Å²) in [6.45, 7) is 3.53. The smallest absolute Gasteiger partial charge is 0.163 e. The van der Waals surface area contributed by atoms with E-state index in [1.807, 2.05) is 0 Å². The fraction of sp³-hybridized carbons (Fsp3) is 0.455. The number of halogens is 3. The zero-order valence-electron chi connectivity index (χ0n) is 9.15. The fourth-order valence-electron chi connectivity index (χ4n) is 1.38. The second kappa shape index (κ2) is 6.13. The third-order valence-electron chi connectivity index (χ3n) is 2.39. The summed E-state index contributed by atoms with van der Waals surface area (Å²) in [5, 5.41) is 9.65. The summed E-state index contributed by atoms with van der Waals surface area (Å²) in [6.07, 6.45) is -0.888. The predicted molar refractivity (Wildman–Crippen MR) is 61.4 cm³/mol. The maximum atomic E-state index is 13.3. The number of rotatable bonds is 3. The summed E-state index contributed by atoms with van der Waals surface area (Å²) >= 11 is 0. The fourth-order valence-corrected chi connectivity index (χ4v) is 1.38. The second-order valence-electron chi connectivity index (χ2n) is 3.90. The summed E-state index contributed by atoms with van der Waals surface area (Å²) < 4.78 is 26.2. The molecular weight excluding hydrogens is 236 g/mol. The molecule has 0 unspecified atom stereocenters. The van der Waals surface area contributed by atoms with Crippen LogP contribution in [0.5, 0.6) is 0 Å². The molecule has 0 saturated carbocycles. The Balaban J connectivity index is 0.00000225. The molecule has 92 valence electrons. The summed E-state index contributed by atoms with van der Waals surface area (Å²) in [5.41, 5.74) is 5.66. The molecule has 0 radical (unpaired) electrons. The van der Waals surface area contributed by atoms with E-state index in [9.17, 15) is 13.9 Å². The Bertz CT molecular complexity index is 347. The largest absolute Gasteiger partial charge is 0.391 e. The van der Waals surface area contributed by atoms with E-state index in [1.165, 1.54) is 12.1 Å². The molecular formula is C11H16ClF2NO. The molecule has 0 saturated heterocycles. The molecule has 0 aliphatic rings. The van der Waals surface area contributed by atoms with Gasteiger partial charge in [0.25, 0.3) is 0 Å². The van der Waals surface area contributed by atoms with Crippen LogP contribution in [0.15, 0.2) is 18.2 Å². The first-order valence-electron chi connectivity index (χ1n) is 4.82. The average molecular weight is 252 g/mol. The summed E-state index contributed by atoms with van der Waals surface area (Å²) in [7, 11) is 0. The van der Waals surface area contributed by atoms with Crippen LogP contribution in [0.4, 0.5) is 8.78 Å². The molecule has 3 N–H and O–H groups in total. The number of benzene rings is 1. The van der Waals surface area contributed by atoms with Crippen LogP contribution in [0.1, 0.15) is 25.5 Å². The van der Waals surface area contributed by atoms with E-state index in [2.05, 4.69) is 0 Å². The maximum Gasteiger partial charge on any atom is 0.163 e. The Morgan fingerprint density at radius 2 is 1.81 bits per heavy atom. The molecule has 16 heavy (non-hydrogen) atoms. The lowest BCUT2D eigenvalue weighted by Gasteiger charge is -2.22. The van der Waals surface area contributed by atoms with Gasteiger partial charge in [-0.15, -0.1) is 12.4 Å². The molecule has 0 fully saturated rings. The summed E-state index contributed by atoms with van der Waals surface area (Å²) in [4.78, 5) is 0. The topological polar surface area (TPSA) is 46.2 Å². The summed E-state index contributed by atoms with van der Waals surface area (Å²) in [5.74, 6) is -2.04. The minimum atomic E-state index is -0.982. The van der Waals surface area contributed by atoms with E-state index >= 15 is 0 Å². The van der Waals surface area contributed by atoms with Crippen LogP contribution < -0.4 is 5.73 Å². The monoisotopic (exact) mass is 251 g/mol. The Morgan fingerprint density at radius 3 is 2.31 bits per heavy atom. The normalized spacial score (nSPS) is 14.4. The van der Waals surface area contributed by atoms with Gasteiger partial charge < -0.3 is 10.8 Å². The second-order valence-corrected chi connectivity index (χ2v) is 3.90. The van der Waals surface area contributed by atoms with E-state index in [-0.39, 0.29) is 23.9 Å². The Morgan fingerprint density at radius 1 is 1.25 bits per heavy atom. The van der Waals surface area contributed by atoms with E-state index in [0.29, 0.717) is 0 Å². The number of nitrogens with two attached hydrogens (primary N) is 1. The molecule has 0 aliphatic carbocycles. The predicted octanol–water partition coefficient (Wildman–Crippen LogP) is 2.40. The molecule has 2 nitrogen and oxygen atoms in total. The van der Waals surface area contributed by atoms with Gasteiger partial charge in [-0.1, -0.05) is 26.0 Å². The number of aliphatic hydroxyl groups is 1. The van der Waals surface area contributed by atoms with Gasteiger partial charge in [0.15, 0.2) is 11.6 Å². The highest BCUT2D eigenvalue weighted by molar-refractivity contribution is 5.85. The lowest BCUT2D eigenvalue weighted by molar-refractivity contribution is 0.0964. The minimum absolute atomic E-state index is 0. The molecule has 2 atom stereocenters. The summed E-state index contributed by atoms with van der Waals surface area (Å²) in [6, 6.07) is 2.88. The van der Waals surface area contributed by atoms with Crippen molar-refractivity contribution in [3.05, 3.63) is 35.4 Å². The van der Waals surface area contributed by atoms with Crippen molar-refractivity contribution < 1.29 is 13.9 Å². The molecule has 0 aliphatic heterocycles. The van der Waals surface area contributed by atoms with Gasteiger partial charge >= 0.3 is 0 Å². The van der Waals surface area contributed by atoms with Crippen molar-refractivity contribution in [3.8, 4) is 0 Å². The van der Waals surface area contributed by atoms with Crippen LogP contribution in [-0.4, -0.2) is 11.2 Å². The van der Waals surface area contributed by atoms with E-state index in [0.717, 1.165) is 6.07 Å². The number of aliphatic hydroxyl groups excluding tert-OH is 1. The molecule has 5 heteroatoms. The first-order valence-corrected chi connectivity index (χ1v) is 4.82. The van der Waals surface area contributed by atoms with Gasteiger partial charge in [0.2, 0.25) is 0 Å². The minimum Gasteiger partial charge on any atom is -0.391 e. The van der Waals surface area contributed by atoms with Crippen LogP contribution in [0.3, 0.4) is 0 Å². The van der Waals surface area contributed by atoms with Gasteiger partial charge in [0.1, 0.15) is 0 Å². The molecule has 1 aromatic rings. The molecule has 0 spiro atoms. The third kappa shape index (κ3) is 3.14. The van der Waals surface area contributed by atoms with Gasteiger partial charge in [-0.2, -0.15) is 0 Å². The quantitative estimate of drug-likeness (QED) is 0.867. The Hall–Kier alpha value is -0.710. The zero-order valence-corrected chi connectivity index (χ0v) is 9.97. The van der Waals surface area contributed by atoms with Gasteiger partial charge in [-0.05, 0) is 12.0 Å². The Labute approximate surface area is 99.9 Å². The lowest BCUT2D eigenvalue weighted by Crippen LogP contribution is -2.31. The van der Waals surface area contributed by atoms with Gasteiger partial charge in [0, 0.05) is 5.56 Å². The third-order valence-corrected chi connectivity index (χ3v) is 2.39. The SMILES string of the molecule is CC(C)[C@@H](O)[C@@H](N)c1cccc(F)c1F.Cl. The molecule has 0 amide bonds. The van der Waals surface area contributed by atoms with Crippen molar-refractivity contribution in [2.45, 2.75) is 26.0 Å². The Kier molecular flexibility index (Phi) is 5.86. The molecule has 1 aromatic carbocycles. The van der Waals surface area contributed by atoms with Crippen molar-refractivity contribution in [1.82, 2.24) is 0 Å². The standard InChI is InChI=1S/C11H15F2NO.ClH/c1-6(2)11(15)10(14)7-4-3-5-8(12)9(7)13;/h3-6,10-11,15H,14H2,1-2H3;1H/t10-,11+;/m0./s1. The van der Waals surface area contributed by atoms with Crippen molar-refractivity contribution in [2.24, 2.45) is 11.7 Å². The van der Waals surface area contributed by atoms with Crippen molar-refractivity contribution >= 4 is 12.4 Å². The average Bonchev–Trinajstić information content (AvgIpc) is 2.20. The molecule has 0 heterocycles. The molecule has 1 rings (SSSR count). The van der Waals surface area contributed by atoms with Crippen molar-refractivity contribution in [3.63, 3.8) is 0 Å². The van der Waals surface area contributed by atoms with Crippen LogP contribution in [0.25, 0.3) is 0 Å². The van der Waals surface area contributed by atoms with Crippen LogP contribution >= 0.6 is 12.4 Å². The first-order chi connectivity index (χ1) is 6.95. The van der Waals surface area contributed by atoms with Gasteiger partial charge in [0.05, 0.1) is 12.1 Å². The molecule has 0 aromatic heterocycles. The molecule has 0 bridgehead atoms. The van der Waals surface area contributed by atoms with Gasteiger partial charge in [-0.3, -0.25) is 0 Å². The zero-order chi connectivity index (χ0) is 11.6. The van der Waals surface area contributed by atoms with Gasteiger partial charge in [-0.25, -0.2) is 8.78 Å². The van der Waals surface area contributed by atoms with Crippen LogP contribution in [-0.2, 0) is 0 Å². The highest BCUT2D eigenvalue weighted by Crippen LogP contribution is 2.23.